The van der Waals surface area contributed by atoms with Gasteiger partial charge in [0.1, 0.15) is 5.82 Å². The van der Waals surface area contributed by atoms with E-state index in [0.717, 1.165) is 23.6 Å². The van der Waals surface area contributed by atoms with Crippen LogP contribution in [0, 0.1) is 5.82 Å². The van der Waals surface area contributed by atoms with Crippen LogP contribution < -0.4 is 9.62 Å². The highest BCUT2D eigenvalue weighted by molar-refractivity contribution is 7.92. The lowest BCUT2D eigenvalue weighted by molar-refractivity contribution is 0.102. The van der Waals surface area contributed by atoms with Crippen LogP contribution in [0.5, 0.6) is 0 Å². The van der Waals surface area contributed by atoms with Gasteiger partial charge in [0.25, 0.3) is 15.9 Å². The second-order valence-electron chi connectivity index (χ2n) is 7.23. The predicted molar refractivity (Wildman–Crippen MR) is 121 cm³/mol. The molecule has 0 heterocycles. The molecule has 0 aliphatic heterocycles. The van der Waals surface area contributed by atoms with Crippen molar-refractivity contribution in [2.75, 3.05) is 16.7 Å². The van der Waals surface area contributed by atoms with Crippen LogP contribution in [0.2, 0.25) is 0 Å². The van der Waals surface area contributed by atoms with Gasteiger partial charge in [0.15, 0.2) is 0 Å². The summed E-state index contributed by atoms with van der Waals surface area (Å²) >= 11 is 0. The number of nitrogens with one attached hydrogen (secondary N) is 1. The molecule has 0 atom stereocenters. The van der Waals surface area contributed by atoms with Crippen molar-refractivity contribution < 1.29 is 17.6 Å². The highest BCUT2D eigenvalue weighted by Crippen LogP contribution is 2.23. The van der Waals surface area contributed by atoms with Crippen LogP contribution in [0.4, 0.5) is 15.8 Å². The summed E-state index contributed by atoms with van der Waals surface area (Å²) in [6.45, 7) is 2.14. The van der Waals surface area contributed by atoms with Gasteiger partial charge in [-0.2, -0.15) is 0 Å². The molecule has 5 nitrogen and oxygen atoms in total. The van der Waals surface area contributed by atoms with Gasteiger partial charge in [-0.1, -0.05) is 31.5 Å². The van der Waals surface area contributed by atoms with Crippen LogP contribution in [0.1, 0.15) is 35.7 Å². The maximum Gasteiger partial charge on any atom is 0.264 e. The summed E-state index contributed by atoms with van der Waals surface area (Å²) in [4.78, 5) is 12.6. The zero-order valence-electron chi connectivity index (χ0n) is 17.5. The van der Waals surface area contributed by atoms with E-state index in [2.05, 4.69) is 12.2 Å². The minimum atomic E-state index is -3.92. The summed E-state index contributed by atoms with van der Waals surface area (Å²) < 4.78 is 40.2. The van der Waals surface area contributed by atoms with Crippen molar-refractivity contribution in [3.63, 3.8) is 0 Å². The van der Waals surface area contributed by atoms with Crippen molar-refractivity contribution in [3.8, 4) is 0 Å². The smallest absolute Gasteiger partial charge is 0.264 e. The van der Waals surface area contributed by atoms with Gasteiger partial charge in [-0.25, -0.2) is 12.8 Å². The van der Waals surface area contributed by atoms with Crippen LogP contribution in [-0.2, 0) is 16.4 Å². The third kappa shape index (κ3) is 5.49. The number of hydrogen-bond acceptors (Lipinski definition) is 3. The van der Waals surface area contributed by atoms with Gasteiger partial charge in [-0.05, 0) is 73.0 Å². The Hall–Kier alpha value is -3.19. The van der Waals surface area contributed by atoms with E-state index < -0.39 is 21.7 Å². The van der Waals surface area contributed by atoms with E-state index in [9.17, 15) is 17.6 Å². The molecular formula is C24H25FN2O3S. The van der Waals surface area contributed by atoms with Crippen LogP contribution in [-0.4, -0.2) is 21.4 Å². The molecule has 0 aliphatic carbocycles. The Kier molecular flexibility index (Phi) is 7.07. The summed E-state index contributed by atoms with van der Waals surface area (Å²) in [5.41, 5.74) is 2.39. The zero-order chi connectivity index (χ0) is 22.4. The zero-order valence-corrected chi connectivity index (χ0v) is 18.3. The van der Waals surface area contributed by atoms with Gasteiger partial charge >= 0.3 is 0 Å². The average molecular weight is 441 g/mol. The fourth-order valence-electron chi connectivity index (χ4n) is 3.08. The Morgan fingerprint density at radius 2 is 1.68 bits per heavy atom. The molecule has 0 spiro atoms. The van der Waals surface area contributed by atoms with E-state index >= 15 is 0 Å². The number of nitrogens with zero attached hydrogens (tertiary/aromatic N) is 1. The van der Waals surface area contributed by atoms with Crippen LogP contribution >= 0.6 is 0 Å². The number of rotatable bonds is 8. The van der Waals surface area contributed by atoms with E-state index in [1.165, 1.54) is 55.1 Å². The Labute approximate surface area is 182 Å². The van der Waals surface area contributed by atoms with Gasteiger partial charge in [0.2, 0.25) is 0 Å². The minimum Gasteiger partial charge on any atom is -0.322 e. The molecule has 0 aromatic heterocycles. The summed E-state index contributed by atoms with van der Waals surface area (Å²) in [6, 6.07) is 18.6. The second-order valence-corrected chi connectivity index (χ2v) is 9.20. The molecule has 0 radical (unpaired) electrons. The molecule has 31 heavy (non-hydrogen) atoms. The van der Waals surface area contributed by atoms with Crippen molar-refractivity contribution in [1.82, 2.24) is 0 Å². The molecule has 0 unspecified atom stereocenters. The molecule has 0 bridgehead atoms. The van der Waals surface area contributed by atoms with Gasteiger partial charge in [-0.15, -0.1) is 0 Å². The molecule has 0 saturated carbocycles. The lowest BCUT2D eigenvalue weighted by Crippen LogP contribution is -2.26. The summed E-state index contributed by atoms with van der Waals surface area (Å²) in [5, 5.41) is 2.80. The number of sulfonamides is 1. The number of hydrogen-bond donors (Lipinski definition) is 1. The lowest BCUT2D eigenvalue weighted by Gasteiger charge is -2.19. The van der Waals surface area contributed by atoms with E-state index in [1.807, 2.05) is 24.3 Å². The minimum absolute atomic E-state index is 0.0260. The molecular weight excluding hydrogens is 415 g/mol. The Balaban J connectivity index is 1.77. The Morgan fingerprint density at radius 3 is 2.32 bits per heavy atom. The predicted octanol–water partition coefficient (Wildman–Crippen LogP) is 5.25. The maximum atomic E-state index is 13.2. The lowest BCUT2D eigenvalue weighted by atomic mass is 10.1. The highest BCUT2D eigenvalue weighted by Gasteiger charge is 2.22. The fraction of sp³-hybridized carbons (Fsp3) is 0.208. The molecule has 3 aromatic rings. The van der Waals surface area contributed by atoms with Crippen LogP contribution in [0.15, 0.2) is 77.7 Å². The Bertz CT molecular complexity index is 1140. The number of carbonyl (C=O) groups is 1. The maximum absolute atomic E-state index is 13.2. The van der Waals surface area contributed by atoms with Gasteiger partial charge < -0.3 is 5.32 Å². The summed E-state index contributed by atoms with van der Waals surface area (Å²) in [5.74, 6) is -0.852. The van der Waals surface area contributed by atoms with E-state index in [1.54, 1.807) is 6.07 Å². The third-order valence-electron chi connectivity index (χ3n) is 4.98. The number of carbonyl (C=O) groups excluding carboxylic acids is 1. The quantitative estimate of drug-likeness (QED) is 0.521. The molecule has 0 fully saturated rings. The van der Waals surface area contributed by atoms with Crippen molar-refractivity contribution >= 4 is 27.3 Å². The monoisotopic (exact) mass is 440 g/mol. The van der Waals surface area contributed by atoms with Crippen molar-refractivity contribution in [3.05, 3.63) is 89.7 Å². The largest absolute Gasteiger partial charge is 0.322 e. The highest BCUT2D eigenvalue weighted by atomic mass is 32.2. The molecule has 0 saturated heterocycles. The van der Waals surface area contributed by atoms with Crippen molar-refractivity contribution in [2.45, 2.75) is 31.1 Å². The van der Waals surface area contributed by atoms with E-state index in [-0.39, 0.29) is 10.5 Å². The Morgan fingerprint density at radius 1 is 1.00 bits per heavy atom. The van der Waals surface area contributed by atoms with Gasteiger partial charge in [0.05, 0.1) is 10.6 Å². The van der Waals surface area contributed by atoms with Crippen molar-refractivity contribution in [2.24, 2.45) is 0 Å². The molecule has 162 valence electrons. The molecule has 3 rings (SSSR count). The number of amides is 1. The van der Waals surface area contributed by atoms with Crippen molar-refractivity contribution in [1.29, 1.82) is 0 Å². The van der Waals surface area contributed by atoms with Crippen LogP contribution in [0.25, 0.3) is 0 Å². The molecule has 3 aromatic carbocycles. The topological polar surface area (TPSA) is 66.5 Å². The number of benzene rings is 3. The SMILES string of the molecule is CCCCc1ccc(NC(=O)c2cccc(S(=O)(=O)N(C)c3ccc(F)cc3)c2)cc1. The van der Waals surface area contributed by atoms with Gasteiger partial charge in [0, 0.05) is 18.3 Å². The molecule has 1 amide bonds. The van der Waals surface area contributed by atoms with Gasteiger partial charge in [-0.3, -0.25) is 9.10 Å². The fourth-order valence-corrected chi connectivity index (χ4v) is 4.33. The number of unbranched alkanes of at least 4 members (excludes halogenated alkanes) is 1. The second kappa shape index (κ2) is 9.75. The molecule has 7 heteroatoms. The summed E-state index contributed by atoms with van der Waals surface area (Å²) in [7, 11) is -2.53. The average Bonchev–Trinajstić information content (AvgIpc) is 2.78. The normalized spacial score (nSPS) is 11.2. The first kappa shape index (κ1) is 22.5. The standard InChI is InChI=1S/C24H25FN2O3S/c1-3-4-6-18-9-13-21(14-10-18)26-24(28)19-7-5-8-23(17-19)31(29,30)27(2)22-15-11-20(25)12-16-22/h5,7-17H,3-4,6H2,1-2H3,(H,26,28). The molecule has 1 N–H and O–H groups in total. The number of aryl methyl sites for hydroxylation is 1. The van der Waals surface area contributed by atoms with Crippen LogP contribution in [0.3, 0.4) is 0 Å². The molecule has 0 aliphatic rings. The number of halogens is 1. The van der Waals surface area contributed by atoms with E-state index in [0.29, 0.717) is 11.4 Å². The van der Waals surface area contributed by atoms with E-state index in [4.69, 9.17) is 0 Å². The summed E-state index contributed by atoms with van der Waals surface area (Å²) in [6.07, 6.45) is 3.22. The third-order valence-corrected chi connectivity index (χ3v) is 6.76. The first-order valence-electron chi connectivity index (χ1n) is 10.1. The number of anilines is 2. The first-order chi connectivity index (χ1) is 14.8. The first-order valence-corrected chi connectivity index (χ1v) is 11.5.